The third kappa shape index (κ3) is 7.58. The summed E-state index contributed by atoms with van der Waals surface area (Å²) in [5, 5.41) is 24.1. The maximum Gasteiger partial charge on any atom is 0.309 e. The van der Waals surface area contributed by atoms with Crippen LogP contribution < -0.4 is 5.32 Å². The van der Waals surface area contributed by atoms with E-state index in [2.05, 4.69) is 5.32 Å². The van der Waals surface area contributed by atoms with Gasteiger partial charge in [0.25, 0.3) is 0 Å². The molecular weight excluding hydrogens is 429 g/mol. The molecule has 0 unspecified atom stereocenters. The summed E-state index contributed by atoms with van der Waals surface area (Å²) in [6.07, 6.45) is -2.03. The third-order valence-electron chi connectivity index (χ3n) is 5.67. The first-order chi connectivity index (χ1) is 16.4. The number of ether oxygens (including phenoxy) is 1. The highest BCUT2D eigenvalue weighted by Crippen LogP contribution is 2.23. The molecule has 0 heterocycles. The average molecular weight is 457 g/mol. The van der Waals surface area contributed by atoms with Gasteiger partial charge in [0.1, 0.15) is 6.10 Å². The van der Waals surface area contributed by atoms with Crippen LogP contribution in [0.3, 0.4) is 0 Å². The van der Waals surface area contributed by atoms with Crippen LogP contribution in [-0.4, -0.2) is 48.1 Å². The number of aliphatic hydroxyl groups is 1. The van der Waals surface area contributed by atoms with Gasteiger partial charge >= 0.3 is 5.97 Å². The largest absolute Gasteiger partial charge is 0.481 e. The molecule has 0 aliphatic carbocycles. The molecule has 34 heavy (non-hydrogen) atoms. The fraction of sp³-hybridized carbons (Fsp3) is 0.259. The molecule has 0 fully saturated rings. The van der Waals surface area contributed by atoms with Crippen molar-refractivity contribution in [2.45, 2.75) is 37.7 Å². The average Bonchev–Trinajstić information content (AvgIpc) is 2.84. The van der Waals surface area contributed by atoms with Gasteiger partial charge in [0.2, 0.25) is 7.85 Å². The molecule has 0 spiro atoms. The van der Waals surface area contributed by atoms with Gasteiger partial charge < -0.3 is 20.3 Å². The summed E-state index contributed by atoms with van der Waals surface area (Å²) in [5.41, 5.74) is 2.50. The molecule has 6 nitrogen and oxygen atoms in total. The molecule has 0 saturated heterocycles. The van der Waals surface area contributed by atoms with Crippen LogP contribution in [0.1, 0.15) is 16.7 Å². The zero-order chi connectivity index (χ0) is 24.3. The smallest absolute Gasteiger partial charge is 0.309 e. The molecule has 3 aromatic carbocycles. The van der Waals surface area contributed by atoms with Gasteiger partial charge in [-0.1, -0.05) is 91.0 Å². The van der Waals surface area contributed by atoms with Crippen LogP contribution in [0.15, 0.2) is 91.0 Å². The van der Waals surface area contributed by atoms with E-state index in [4.69, 9.17) is 12.6 Å². The first kappa shape index (κ1) is 25.2. The Morgan fingerprint density at radius 2 is 1.26 bits per heavy atom. The maximum absolute atomic E-state index is 12.4. The Morgan fingerprint density at radius 3 is 1.74 bits per heavy atom. The quantitative estimate of drug-likeness (QED) is 0.363. The van der Waals surface area contributed by atoms with Gasteiger partial charge in [-0.15, -0.1) is 0 Å². The van der Waals surface area contributed by atoms with Crippen molar-refractivity contribution in [2.24, 2.45) is 5.92 Å². The Bertz CT molecular complexity index is 1030. The minimum absolute atomic E-state index is 0.107. The van der Waals surface area contributed by atoms with Crippen molar-refractivity contribution in [3.05, 3.63) is 108 Å². The number of carbonyl (C=O) groups is 2. The maximum atomic E-state index is 12.4. The minimum atomic E-state index is -1.33. The first-order valence-corrected chi connectivity index (χ1v) is 11.1. The number of carboxylic acids is 1. The lowest BCUT2D eigenvalue weighted by Gasteiger charge is -2.34. The number of rotatable bonds is 12. The van der Waals surface area contributed by atoms with Crippen LogP contribution in [-0.2, 0) is 29.0 Å². The summed E-state index contributed by atoms with van der Waals surface area (Å²) < 4.78 is 6.06. The van der Waals surface area contributed by atoms with Crippen molar-refractivity contribution in [1.29, 1.82) is 0 Å². The third-order valence-corrected chi connectivity index (χ3v) is 5.67. The normalized spacial score (nSPS) is 14.5. The molecule has 7 heteroatoms. The van der Waals surface area contributed by atoms with Crippen molar-refractivity contribution in [3.63, 3.8) is 0 Å². The van der Waals surface area contributed by atoms with Crippen LogP contribution in [0, 0.1) is 5.92 Å². The van der Waals surface area contributed by atoms with E-state index in [-0.39, 0.29) is 19.4 Å². The molecular formula is C27H28BNO5. The molecule has 174 valence electrons. The van der Waals surface area contributed by atoms with E-state index in [0.29, 0.717) is 0 Å². The lowest BCUT2D eigenvalue weighted by atomic mass is 9.86. The predicted octanol–water partition coefficient (Wildman–Crippen LogP) is 3.37. The summed E-state index contributed by atoms with van der Waals surface area (Å²) in [5.74, 6) is -2.97. The van der Waals surface area contributed by atoms with Gasteiger partial charge in [0.05, 0.1) is 24.7 Å². The second-order valence-corrected chi connectivity index (χ2v) is 8.19. The van der Waals surface area contributed by atoms with Crippen LogP contribution in [0.25, 0.3) is 0 Å². The van der Waals surface area contributed by atoms with E-state index in [1.807, 2.05) is 91.0 Å². The molecule has 2 radical (unpaired) electrons. The number of amides is 1. The van der Waals surface area contributed by atoms with Gasteiger partial charge in [-0.25, -0.2) is 0 Å². The summed E-state index contributed by atoms with van der Waals surface area (Å²) in [6, 6.07) is 26.9. The number of nitrogens with one attached hydrogen (secondary N) is 1. The van der Waals surface area contributed by atoms with Crippen LogP contribution >= 0.6 is 0 Å². The molecule has 0 saturated carbocycles. The molecule has 0 aromatic heterocycles. The second kappa shape index (κ2) is 12.7. The molecule has 3 rings (SSSR count). The van der Waals surface area contributed by atoms with Crippen molar-refractivity contribution in [2.75, 3.05) is 0 Å². The number of hydrogen-bond donors (Lipinski definition) is 3. The highest BCUT2D eigenvalue weighted by atomic mass is 16.5. The number of aliphatic hydroxyl groups excluding tert-OH is 1. The number of aliphatic carboxylic acids is 1. The fourth-order valence-electron chi connectivity index (χ4n) is 3.97. The van der Waals surface area contributed by atoms with Gasteiger partial charge in [-0.05, 0) is 29.5 Å². The Balaban J connectivity index is 1.90. The Hall–Kier alpha value is -3.42. The standard InChI is InChI=1S/C27H28BNO5/c28-27(33)29-23(17-20-12-6-2-7-13-20)24(30)25(34-18-21-14-8-3-9-15-21)22(26(31)32)16-19-10-4-1-5-11-19/h1-15,22-25,30H,16-18H2,(H,29,33)(H,31,32)/t22-,23+,24-,25-/m0/s1. The van der Waals surface area contributed by atoms with Crippen molar-refractivity contribution >= 4 is 19.6 Å². The summed E-state index contributed by atoms with van der Waals surface area (Å²) in [6.45, 7) is 0.107. The van der Waals surface area contributed by atoms with E-state index >= 15 is 0 Å². The Labute approximate surface area is 201 Å². The topological polar surface area (TPSA) is 95.9 Å². The number of benzene rings is 3. The lowest BCUT2D eigenvalue weighted by molar-refractivity contribution is -0.155. The van der Waals surface area contributed by atoms with Gasteiger partial charge in [0, 0.05) is 0 Å². The first-order valence-electron chi connectivity index (χ1n) is 11.1. The molecule has 4 atom stereocenters. The highest BCUT2D eigenvalue weighted by Gasteiger charge is 2.39. The SMILES string of the molecule is [B]C(=O)N[C@H](Cc1ccccc1)[C@H](O)[C@@H](OCc1ccccc1)[C@H](Cc1ccccc1)C(=O)O. The fourth-order valence-corrected chi connectivity index (χ4v) is 3.97. The van der Waals surface area contributed by atoms with Crippen molar-refractivity contribution in [1.82, 2.24) is 5.32 Å². The van der Waals surface area contributed by atoms with Crippen molar-refractivity contribution in [3.8, 4) is 0 Å². The van der Waals surface area contributed by atoms with Gasteiger partial charge in [-0.3, -0.25) is 9.59 Å². The van der Waals surface area contributed by atoms with E-state index < -0.39 is 35.9 Å². The van der Waals surface area contributed by atoms with Crippen LogP contribution in [0.5, 0.6) is 0 Å². The number of hydrogen-bond acceptors (Lipinski definition) is 4. The molecule has 0 bridgehead atoms. The lowest BCUT2D eigenvalue weighted by Crippen LogP contribution is -2.53. The zero-order valence-corrected chi connectivity index (χ0v) is 18.8. The zero-order valence-electron chi connectivity index (χ0n) is 18.8. The van der Waals surface area contributed by atoms with Crippen LogP contribution in [0.4, 0.5) is 4.79 Å². The van der Waals surface area contributed by atoms with Crippen LogP contribution in [0.2, 0.25) is 0 Å². The predicted molar refractivity (Wildman–Crippen MR) is 131 cm³/mol. The van der Waals surface area contributed by atoms with E-state index in [9.17, 15) is 19.8 Å². The Kier molecular flexibility index (Phi) is 9.44. The Morgan fingerprint density at radius 1 is 0.794 bits per heavy atom. The monoisotopic (exact) mass is 457 g/mol. The van der Waals surface area contributed by atoms with E-state index in [1.54, 1.807) is 0 Å². The molecule has 3 aromatic rings. The summed E-state index contributed by atoms with van der Waals surface area (Å²) in [4.78, 5) is 24.1. The highest BCUT2D eigenvalue weighted by molar-refractivity contribution is 6.57. The molecule has 3 N–H and O–H groups in total. The van der Waals surface area contributed by atoms with E-state index in [0.717, 1.165) is 16.7 Å². The van der Waals surface area contributed by atoms with Crippen molar-refractivity contribution < 1.29 is 24.5 Å². The van der Waals surface area contributed by atoms with Gasteiger partial charge in [-0.2, -0.15) is 0 Å². The summed E-state index contributed by atoms with van der Waals surface area (Å²) >= 11 is 0. The summed E-state index contributed by atoms with van der Waals surface area (Å²) in [7, 11) is 5.39. The molecule has 0 aliphatic heterocycles. The number of carbonyl (C=O) groups excluding carboxylic acids is 1. The van der Waals surface area contributed by atoms with Gasteiger partial charge in [0.15, 0.2) is 5.81 Å². The van der Waals surface area contributed by atoms with E-state index in [1.165, 1.54) is 0 Å². The number of carboxylic acid groups (broad SMARTS) is 1. The second-order valence-electron chi connectivity index (χ2n) is 8.19. The minimum Gasteiger partial charge on any atom is -0.481 e. The molecule has 1 amide bonds. The molecule has 0 aliphatic rings.